The maximum Gasteiger partial charge on any atom is 0.419 e. The predicted octanol–water partition coefficient (Wildman–Crippen LogP) is 3.89. The van der Waals surface area contributed by atoms with Crippen LogP contribution in [-0.4, -0.2) is 38.8 Å². The molecule has 0 radical (unpaired) electrons. The van der Waals surface area contributed by atoms with Crippen LogP contribution in [-0.2, 0) is 21.0 Å². The van der Waals surface area contributed by atoms with Crippen LogP contribution in [0.2, 0.25) is 0 Å². The Balaban J connectivity index is 1.73. The molecule has 1 aliphatic heterocycles. The summed E-state index contributed by atoms with van der Waals surface area (Å²) in [6, 6.07) is 7.98. The van der Waals surface area contributed by atoms with Crippen molar-refractivity contribution in [3.8, 4) is 5.75 Å². The third-order valence-corrected chi connectivity index (χ3v) is 6.87. The molecule has 6 nitrogen and oxygen atoms in total. The van der Waals surface area contributed by atoms with Gasteiger partial charge in [0.2, 0.25) is 15.9 Å². The van der Waals surface area contributed by atoms with Crippen LogP contribution < -0.4 is 10.1 Å². The fourth-order valence-corrected chi connectivity index (χ4v) is 4.86. The number of amides is 1. The number of hydrogen-bond donors (Lipinski definition) is 1. The summed E-state index contributed by atoms with van der Waals surface area (Å²) in [6.45, 7) is 0.0976. The summed E-state index contributed by atoms with van der Waals surface area (Å²) < 4.78 is 84.0. The average molecular weight is 460 g/mol. The normalized spacial score (nSPS) is 17.9. The molecule has 0 aromatic heterocycles. The molecule has 1 fully saturated rings. The van der Waals surface area contributed by atoms with Crippen LogP contribution in [0, 0.1) is 11.7 Å². The first-order chi connectivity index (χ1) is 14.5. The number of rotatable bonds is 5. The summed E-state index contributed by atoms with van der Waals surface area (Å²) >= 11 is 0. The Bertz CT molecular complexity index is 1060. The Kier molecular flexibility index (Phi) is 6.56. The molecular weight excluding hydrogens is 440 g/mol. The number of alkyl halides is 3. The second-order valence-corrected chi connectivity index (χ2v) is 9.00. The van der Waals surface area contributed by atoms with E-state index < -0.39 is 39.4 Å². The molecule has 11 heteroatoms. The van der Waals surface area contributed by atoms with Gasteiger partial charge in [-0.15, -0.1) is 0 Å². The Morgan fingerprint density at radius 1 is 1.16 bits per heavy atom. The van der Waals surface area contributed by atoms with Gasteiger partial charge in [0, 0.05) is 18.8 Å². The first-order valence-corrected chi connectivity index (χ1v) is 10.8. The van der Waals surface area contributed by atoms with E-state index in [1.165, 1.54) is 35.7 Å². The molecule has 2 aromatic carbocycles. The van der Waals surface area contributed by atoms with Crippen LogP contribution in [0.25, 0.3) is 0 Å². The van der Waals surface area contributed by atoms with E-state index in [-0.39, 0.29) is 23.7 Å². The van der Waals surface area contributed by atoms with Crippen LogP contribution in [0.15, 0.2) is 47.4 Å². The van der Waals surface area contributed by atoms with E-state index in [1.54, 1.807) is 0 Å². The highest BCUT2D eigenvalue weighted by Crippen LogP contribution is 2.33. The molecule has 1 unspecified atom stereocenters. The second-order valence-electron chi connectivity index (χ2n) is 7.06. The average Bonchev–Trinajstić information content (AvgIpc) is 2.74. The van der Waals surface area contributed by atoms with Crippen molar-refractivity contribution >= 4 is 21.6 Å². The van der Waals surface area contributed by atoms with Crippen LogP contribution in [0.5, 0.6) is 5.75 Å². The standard InChI is InChI=1S/C20H20F4N2O4S/c1-30-15-5-7-16(8-6-15)31(28,29)26-10-2-3-13(12-26)19(27)25-14-4-9-18(21)17(11-14)20(22,23)24/h4-9,11,13H,2-3,10,12H2,1H3,(H,25,27). The lowest BCUT2D eigenvalue weighted by Crippen LogP contribution is -2.43. The van der Waals surface area contributed by atoms with E-state index >= 15 is 0 Å². The molecule has 168 valence electrons. The minimum absolute atomic E-state index is 0.0442. The molecule has 1 heterocycles. The molecule has 0 bridgehead atoms. The van der Waals surface area contributed by atoms with Crippen molar-refractivity contribution in [2.75, 3.05) is 25.5 Å². The highest BCUT2D eigenvalue weighted by Gasteiger charge is 2.36. The van der Waals surface area contributed by atoms with Gasteiger partial charge < -0.3 is 10.1 Å². The summed E-state index contributed by atoms with van der Waals surface area (Å²) in [4.78, 5) is 12.6. The molecule has 1 saturated heterocycles. The van der Waals surface area contributed by atoms with Gasteiger partial charge in [-0.2, -0.15) is 17.5 Å². The SMILES string of the molecule is COc1ccc(S(=O)(=O)N2CCCC(C(=O)Nc3ccc(F)c(C(F)(F)F)c3)C2)cc1. The molecular formula is C20H20F4N2O4S. The lowest BCUT2D eigenvalue weighted by Gasteiger charge is -2.31. The van der Waals surface area contributed by atoms with Crippen molar-refractivity contribution in [2.24, 2.45) is 5.92 Å². The summed E-state index contributed by atoms with van der Waals surface area (Å²) in [6.07, 6.45) is -4.13. The number of halogens is 4. The molecule has 0 spiro atoms. The fraction of sp³-hybridized carbons (Fsp3) is 0.350. The third kappa shape index (κ3) is 5.16. The lowest BCUT2D eigenvalue weighted by atomic mass is 9.98. The van der Waals surface area contributed by atoms with Crippen LogP contribution in [0.3, 0.4) is 0 Å². The van der Waals surface area contributed by atoms with Gasteiger partial charge in [-0.05, 0) is 55.3 Å². The number of carbonyl (C=O) groups is 1. The zero-order chi connectivity index (χ0) is 22.8. The van der Waals surface area contributed by atoms with Gasteiger partial charge in [0.05, 0.1) is 23.5 Å². The first-order valence-electron chi connectivity index (χ1n) is 9.34. The molecule has 1 amide bonds. The summed E-state index contributed by atoms with van der Waals surface area (Å²) in [7, 11) is -2.40. The molecule has 0 aliphatic carbocycles. The Hall–Kier alpha value is -2.66. The molecule has 31 heavy (non-hydrogen) atoms. The van der Waals surface area contributed by atoms with Crippen molar-refractivity contribution in [1.82, 2.24) is 4.31 Å². The second kappa shape index (κ2) is 8.83. The first kappa shape index (κ1) is 23.0. The minimum Gasteiger partial charge on any atom is -0.497 e. The number of benzene rings is 2. The number of nitrogens with one attached hydrogen (secondary N) is 1. The van der Waals surface area contributed by atoms with E-state index in [0.717, 1.165) is 6.07 Å². The van der Waals surface area contributed by atoms with Crippen LogP contribution in [0.1, 0.15) is 18.4 Å². The largest absolute Gasteiger partial charge is 0.497 e. The maximum absolute atomic E-state index is 13.4. The summed E-state index contributed by atoms with van der Waals surface area (Å²) in [5.41, 5.74) is -1.70. The van der Waals surface area contributed by atoms with Gasteiger partial charge in [0.25, 0.3) is 0 Å². The quantitative estimate of drug-likeness (QED) is 0.687. The monoisotopic (exact) mass is 460 g/mol. The zero-order valence-electron chi connectivity index (χ0n) is 16.4. The van der Waals surface area contributed by atoms with E-state index in [2.05, 4.69) is 5.32 Å². The number of nitrogens with zero attached hydrogens (tertiary/aromatic N) is 1. The number of carbonyl (C=O) groups excluding carboxylic acids is 1. The van der Waals surface area contributed by atoms with E-state index in [1.807, 2.05) is 0 Å². The third-order valence-electron chi connectivity index (χ3n) is 4.99. The van der Waals surface area contributed by atoms with Crippen molar-refractivity contribution in [1.29, 1.82) is 0 Å². The van der Waals surface area contributed by atoms with E-state index in [0.29, 0.717) is 30.7 Å². The van der Waals surface area contributed by atoms with Crippen molar-refractivity contribution in [3.05, 3.63) is 53.8 Å². The highest BCUT2D eigenvalue weighted by atomic mass is 32.2. The molecule has 2 aromatic rings. The molecule has 1 atom stereocenters. The number of hydrogen-bond acceptors (Lipinski definition) is 4. The summed E-state index contributed by atoms with van der Waals surface area (Å²) in [5.74, 6) is -2.34. The van der Waals surface area contributed by atoms with Gasteiger partial charge in [-0.3, -0.25) is 4.79 Å². The Labute approximate surface area is 176 Å². The fourth-order valence-electron chi connectivity index (χ4n) is 3.34. The number of sulfonamides is 1. The molecule has 1 N–H and O–H groups in total. The number of methoxy groups -OCH3 is 1. The Morgan fingerprint density at radius 2 is 1.84 bits per heavy atom. The number of ether oxygens (including phenoxy) is 1. The highest BCUT2D eigenvalue weighted by molar-refractivity contribution is 7.89. The minimum atomic E-state index is -4.90. The zero-order valence-corrected chi connectivity index (χ0v) is 17.3. The number of anilines is 1. The summed E-state index contributed by atoms with van der Waals surface area (Å²) in [5, 5.41) is 2.33. The van der Waals surface area contributed by atoms with Crippen molar-refractivity contribution < 1.29 is 35.5 Å². The lowest BCUT2D eigenvalue weighted by molar-refractivity contribution is -0.140. The van der Waals surface area contributed by atoms with Crippen molar-refractivity contribution in [2.45, 2.75) is 23.9 Å². The predicted molar refractivity (Wildman–Crippen MR) is 105 cm³/mol. The van der Waals surface area contributed by atoms with Crippen LogP contribution in [0.4, 0.5) is 23.2 Å². The topological polar surface area (TPSA) is 75.7 Å². The van der Waals surface area contributed by atoms with Crippen LogP contribution >= 0.6 is 0 Å². The number of piperidine rings is 1. The van der Waals surface area contributed by atoms with E-state index in [4.69, 9.17) is 4.74 Å². The smallest absolute Gasteiger partial charge is 0.419 e. The molecule has 3 rings (SSSR count). The molecule has 1 aliphatic rings. The van der Waals surface area contributed by atoms with E-state index in [9.17, 15) is 30.8 Å². The Morgan fingerprint density at radius 3 is 2.45 bits per heavy atom. The maximum atomic E-state index is 13.4. The van der Waals surface area contributed by atoms with Crippen molar-refractivity contribution in [3.63, 3.8) is 0 Å². The molecule has 0 saturated carbocycles. The van der Waals surface area contributed by atoms with Gasteiger partial charge in [-0.25, -0.2) is 12.8 Å². The van der Waals surface area contributed by atoms with Gasteiger partial charge in [0.1, 0.15) is 11.6 Å². The van der Waals surface area contributed by atoms with Gasteiger partial charge in [0.15, 0.2) is 0 Å². The van der Waals surface area contributed by atoms with Gasteiger partial charge in [-0.1, -0.05) is 0 Å². The van der Waals surface area contributed by atoms with Gasteiger partial charge >= 0.3 is 6.18 Å².